The molecule has 0 aliphatic carbocycles. The number of unbranched alkanes of at least 4 members (excludes halogenated alkanes) is 2. The van der Waals surface area contributed by atoms with Gasteiger partial charge in [0.1, 0.15) is 6.17 Å². The van der Waals surface area contributed by atoms with Gasteiger partial charge in [-0.2, -0.15) is 11.8 Å². The van der Waals surface area contributed by atoms with E-state index in [9.17, 15) is 4.79 Å². The van der Waals surface area contributed by atoms with E-state index < -0.39 is 0 Å². The van der Waals surface area contributed by atoms with Crippen LogP contribution in [-0.4, -0.2) is 35.4 Å². The Kier molecular flexibility index (Phi) is 7.07. The van der Waals surface area contributed by atoms with Crippen molar-refractivity contribution >= 4 is 29.0 Å². The normalized spacial score (nSPS) is 22.2. The summed E-state index contributed by atoms with van der Waals surface area (Å²) in [5.41, 5.74) is 0. The van der Waals surface area contributed by atoms with Gasteiger partial charge in [-0.15, -0.1) is 11.3 Å². The maximum absolute atomic E-state index is 12.6. The van der Waals surface area contributed by atoms with Crippen LogP contribution >= 0.6 is 23.1 Å². The Morgan fingerprint density at radius 2 is 2.24 bits per heavy atom. The van der Waals surface area contributed by atoms with Crippen molar-refractivity contribution in [3.63, 3.8) is 0 Å². The third kappa shape index (κ3) is 4.47. The Hall–Kier alpha value is -0.520. The molecular formula is C16H26N2OS2. The summed E-state index contributed by atoms with van der Waals surface area (Å²) in [5.74, 6) is 1.51. The Balaban J connectivity index is 1.94. The lowest BCUT2D eigenvalue weighted by Gasteiger charge is -2.23. The van der Waals surface area contributed by atoms with Crippen molar-refractivity contribution in [2.75, 3.05) is 18.6 Å². The summed E-state index contributed by atoms with van der Waals surface area (Å²) < 4.78 is 0. The van der Waals surface area contributed by atoms with Crippen molar-refractivity contribution in [3.05, 3.63) is 22.4 Å². The van der Waals surface area contributed by atoms with Crippen LogP contribution in [0.2, 0.25) is 0 Å². The topological polar surface area (TPSA) is 32.3 Å². The molecule has 1 fully saturated rings. The molecule has 1 saturated heterocycles. The highest BCUT2D eigenvalue weighted by atomic mass is 32.2. The Morgan fingerprint density at radius 1 is 1.38 bits per heavy atom. The molecule has 2 unspecified atom stereocenters. The number of carbonyl (C=O) groups is 1. The van der Waals surface area contributed by atoms with Crippen LogP contribution in [0.5, 0.6) is 0 Å². The largest absolute Gasteiger partial charge is 0.321 e. The molecule has 1 aliphatic heterocycles. The fourth-order valence-electron chi connectivity index (χ4n) is 2.80. The van der Waals surface area contributed by atoms with Crippen molar-refractivity contribution in [3.8, 4) is 0 Å². The molecule has 0 bridgehead atoms. The van der Waals surface area contributed by atoms with Gasteiger partial charge in [-0.25, -0.2) is 0 Å². The van der Waals surface area contributed by atoms with Gasteiger partial charge in [-0.3, -0.25) is 10.1 Å². The van der Waals surface area contributed by atoms with E-state index in [0.29, 0.717) is 5.91 Å². The Labute approximate surface area is 136 Å². The molecule has 0 aromatic carbocycles. The van der Waals surface area contributed by atoms with Gasteiger partial charge in [-0.1, -0.05) is 25.8 Å². The molecule has 118 valence electrons. The highest BCUT2D eigenvalue weighted by Crippen LogP contribution is 2.30. The fraction of sp³-hybridized carbons (Fsp3) is 0.688. The van der Waals surface area contributed by atoms with E-state index in [1.807, 2.05) is 11.8 Å². The van der Waals surface area contributed by atoms with Gasteiger partial charge in [0, 0.05) is 11.4 Å². The van der Waals surface area contributed by atoms with Crippen LogP contribution in [-0.2, 0) is 4.79 Å². The van der Waals surface area contributed by atoms with Crippen molar-refractivity contribution in [1.29, 1.82) is 0 Å². The highest BCUT2D eigenvalue weighted by Gasteiger charge is 2.38. The number of thiophene rings is 1. The molecular weight excluding hydrogens is 300 g/mol. The van der Waals surface area contributed by atoms with E-state index in [1.54, 1.807) is 11.3 Å². The minimum atomic E-state index is 0.00768. The summed E-state index contributed by atoms with van der Waals surface area (Å²) in [4.78, 5) is 15.9. The van der Waals surface area contributed by atoms with E-state index in [2.05, 4.69) is 40.9 Å². The lowest BCUT2D eigenvalue weighted by atomic mass is 10.1. The second kappa shape index (κ2) is 8.81. The second-order valence-electron chi connectivity index (χ2n) is 5.51. The predicted octanol–water partition coefficient (Wildman–Crippen LogP) is 3.88. The highest BCUT2D eigenvalue weighted by molar-refractivity contribution is 7.98. The molecule has 1 aliphatic rings. The van der Waals surface area contributed by atoms with Gasteiger partial charge in [0.2, 0.25) is 5.91 Å². The summed E-state index contributed by atoms with van der Waals surface area (Å²) in [7, 11) is 0. The van der Waals surface area contributed by atoms with Gasteiger partial charge in [0.15, 0.2) is 0 Å². The monoisotopic (exact) mass is 326 g/mol. The fourth-order valence-corrected chi connectivity index (χ4v) is 4.09. The van der Waals surface area contributed by atoms with E-state index in [4.69, 9.17) is 0 Å². The molecule has 0 radical (unpaired) electrons. The van der Waals surface area contributed by atoms with Crippen LogP contribution in [0.15, 0.2) is 17.5 Å². The summed E-state index contributed by atoms with van der Waals surface area (Å²) in [6, 6.07) is 4.20. The van der Waals surface area contributed by atoms with Crippen LogP contribution in [0.1, 0.15) is 50.1 Å². The first-order chi connectivity index (χ1) is 10.3. The van der Waals surface area contributed by atoms with Crippen LogP contribution < -0.4 is 5.32 Å². The van der Waals surface area contributed by atoms with Crippen molar-refractivity contribution in [1.82, 2.24) is 10.2 Å². The number of nitrogens with zero attached hydrogens (tertiary/aromatic N) is 1. The number of thioether (sulfide) groups is 1. The quantitative estimate of drug-likeness (QED) is 0.699. The second-order valence-corrected chi connectivity index (χ2v) is 7.48. The average molecular weight is 327 g/mol. The molecule has 0 saturated carbocycles. The number of rotatable bonds is 9. The zero-order valence-electron chi connectivity index (χ0n) is 13.0. The van der Waals surface area contributed by atoms with Gasteiger partial charge < -0.3 is 4.90 Å². The van der Waals surface area contributed by atoms with Gasteiger partial charge >= 0.3 is 0 Å². The van der Waals surface area contributed by atoms with Gasteiger partial charge in [-0.05, 0) is 42.7 Å². The van der Waals surface area contributed by atoms with E-state index >= 15 is 0 Å². The maximum atomic E-state index is 12.6. The predicted molar refractivity (Wildman–Crippen MR) is 92.8 cm³/mol. The molecule has 2 heterocycles. The van der Waals surface area contributed by atoms with Crippen LogP contribution in [0.4, 0.5) is 0 Å². The molecule has 3 nitrogen and oxygen atoms in total. The zero-order valence-corrected chi connectivity index (χ0v) is 14.6. The number of hydrogen-bond acceptors (Lipinski definition) is 4. The molecule has 21 heavy (non-hydrogen) atoms. The minimum absolute atomic E-state index is 0.00768. The SMILES string of the molecule is CCCC1NC(c2cccs2)N(CCCCCSC)C1=O. The average Bonchev–Trinajstić information content (AvgIpc) is 3.10. The summed E-state index contributed by atoms with van der Waals surface area (Å²) in [6.07, 6.45) is 7.78. The lowest BCUT2D eigenvalue weighted by molar-refractivity contribution is -0.130. The van der Waals surface area contributed by atoms with Crippen molar-refractivity contribution in [2.24, 2.45) is 0 Å². The molecule has 1 N–H and O–H groups in total. The third-order valence-electron chi connectivity index (χ3n) is 3.89. The first-order valence-electron chi connectivity index (χ1n) is 7.86. The van der Waals surface area contributed by atoms with E-state index in [0.717, 1.165) is 25.8 Å². The number of carbonyl (C=O) groups excluding carboxylic acids is 1. The van der Waals surface area contributed by atoms with Gasteiger partial charge in [0.25, 0.3) is 0 Å². The van der Waals surface area contributed by atoms with Crippen LogP contribution in [0.3, 0.4) is 0 Å². The van der Waals surface area contributed by atoms with Crippen molar-refractivity contribution < 1.29 is 4.79 Å². The first kappa shape index (κ1) is 16.8. The number of amides is 1. The molecule has 0 spiro atoms. The van der Waals surface area contributed by atoms with Crippen LogP contribution in [0, 0.1) is 0 Å². The van der Waals surface area contributed by atoms with Crippen molar-refractivity contribution in [2.45, 2.75) is 51.2 Å². The van der Waals surface area contributed by atoms with E-state index in [-0.39, 0.29) is 12.2 Å². The lowest BCUT2D eigenvalue weighted by Crippen LogP contribution is -2.31. The minimum Gasteiger partial charge on any atom is -0.321 e. The Morgan fingerprint density at radius 3 is 2.90 bits per heavy atom. The summed E-state index contributed by atoms with van der Waals surface area (Å²) in [5, 5.41) is 5.62. The number of hydrogen-bond donors (Lipinski definition) is 1. The molecule has 2 atom stereocenters. The van der Waals surface area contributed by atoms with E-state index in [1.165, 1.54) is 23.5 Å². The smallest absolute Gasteiger partial charge is 0.241 e. The summed E-state index contributed by atoms with van der Waals surface area (Å²) in [6.45, 7) is 3.02. The molecule has 1 amide bonds. The first-order valence-corrected chi connectivity index (χ1v) is 10.1. The Bertz CT molecular complexity index is 422. The molecule has 1 aromatic rings. The third-order valence-corrected chi connectivity index (χ3v) is 5.51. The number of nitrogens with one attached hydrogen (secondary N) is 1. The maximum Gasteiger partial charge on any atom is 0.241 e. The summed E-state index contributed by atoms with van der Waals surface area (Å²) >= 11 is 3.63. The van der Waals surface area contributed by atoms with Crippen LogP contribution in [0.25, 0.3) is 0 Å². The standard InChI is InChI=1S/C16H26N2OS2/c1-3-8-13-16(19)18(10-5-4-6-11-20-2)15(17-13)14-9-7-12-21-14/h7,9,12-13,15,17H,3-6,8,10-11H2,1-2H3. The van der Waals surface area contributed by atoms with Gasteiger partial charge in [0.05, 0.1) is 6.04 Å². The molecule has 5 heteroatoms. The molecule has 2 rings (SSSR count). The molecule has 1 aromatic heterocycles. The zero-order chi connectivity index (χ0) is 15.1.